The fourth-order valence-electron chi connectivity index (χ4n) is 2.62. The molecular formula is C17H18ClNO. The molecule has 0 aromatic heterocycles. The maximum Gasteiger partial charge on any atom is 0.120 e. The van der Waals surface area contributed by atoms with Crippen molar-refractivity contribution in [2.24, 2.45) is 0 Å². The van der Waals surface area contributed by atoms with E-state index in [9.17, 15) is 0 Å². The third kappa shape index (κ3) is 2.54. The molecule has 2 aromatic rings. The zero-order chi connectivity index (χ0) is 14.0. The van der Waals surface area contributed by atoms with Gasteiger partial charge < -0.3 is 9.64 Å². The quantitative estimate of drug-likeness (QED) is 0.810. The molecule has 20 heavy (non-hydrogen) atoms. The first kappa shape index (κ1) is 13.5. The fraction of sp³-hybridized carbons (Fsp3) is 0.294. The zero-order valence-electron chi connectivity index (χ0n) is 11.6. The minimum Gasteiger partial charge on any atom is -0.350 e. The van der Waals surface area contributed by atoms with Gasteiger partial charge in [-0.05, 0) is 31.0 Å². The van der Waals surface area contributed by atoms with Crippen molar-refractivity contribution in [3.8, 4) is 0 Å². The summed E-state index contributed by atoms with van der Waals surface area (Å²) in [5.74, 6) is 0. The van der Waals surface area contributed by atoms with Gasteiger partial charge in [0.2, 0.25) is 0 Å². The highest BCUT2D eigenvalue weighted by atomic mass is 35.5. The summed E-state index contributed by atoms with van der Waals surface area (Å²) in [6.07, 6.45) is 0.947. The lowest BCUT2D eigenvalue weighted by molar-refractivity contribution is -0.0620. The number of nitrogens with zero attached hydrogens (tertiary/aromatic N) is 1. The lowest BCUT2D eigenvalue weighted by Crippen LogP contribution is -2.43. The van der Waals surface area contributed by atoms with E-state index < -0.39 is 0 Å². The molecule has 104 valence electrons. The van der Waals surface area contributed by atoms with Crippen LogP contribution in [0, 0.1) is 0 Å². The van der Waals surface area contributed by atoms with Gasteiger partial charge in [0.05, 0.1) is 16.3 Å². The molecule has 0 bridgehead atoms. The molecule has 3 heteroatoms. The van der Waals surface area contributed by atoms with E-state index in [1.165, 1.54) is 5.56 Å². The standard InChI is InChI=1S/C17H18ClNO/c1-17(14-7-3-2-4-8-14)11-12-19(13-20-17)16-10-6-5-9-15(16)18/h2-10H,11-13H2,1H3. The second kappa shape index (κ2) is 5.47. The van der Waals surface area contributed by atoms with Gasteiger partial charge in [0.15, 0.2) is 0 Å². The Hall–Kier alpha value is -1.51. The third-order valence-electron chi connectivity index (χ3n) is 3.98. The van der Waals surface area contributed by atoms with Crippen LogP contribution in [0.25, 0.3) is 0 Å². The van der Waals surface area contributed by atoms with Gasteiger partial charge in [0.25, 0.3) is 0 Å². The number of halogens is 1. The van der Waals surface area contributed by atoms with Gasteiger partial charge in [0, 0.05) is 6.54 Å². The molecule has 0 N–H and O–H groups in total. The summed E-state index contributed by atoms with van der Waals surface area (Å²) in [5.41, 5.74) is 2.07. The van der Waals surface area contributed by atoms with E-state index in [0.29, 0.717) is 6.73 Å². The average Bonchev–Trinajstić information content (AvgIpc) is 2.50. The molecule has 3 rings (SSSR count). The summed E-state index contributed by atoms with van der Waals surface area (Å²) < 4.78 is 6.14. The van der Waals surface area contributed by atoms with Gasteiger partial charge in [-0.3, -0.25) is 0 Å². The van der Waals surface area contributed by atoms with Gasteiger partial charge in [-0.2, -0.15) is 0 Å². The number of ether oxygens (including phenoxy) is 1. The molecule has 1 aliphatic heterocycles. The molecule has 0 radical (unpaired) electrons. The molecule has 0 aliphatic carbocycles. The second-order valence-electron chi connectivity index (χ2n) is 5.34. The first-order valence-electron chi connectivity index (χ1n) is 6.88. The van der Waals surface area contributed by atoms with Gasteiger partial charge in [-0.15, -0.1) is 0 Å². The van der Waals surface area contributed by atoms with Crippen molar-refractivity contribution >= 4 is 17.3 Å². The predicted octanol–water partition coefficient (Wildman–Crippen LogP) is 4.44. The van der Waals surface area contributed by atoms with Crippen molar-refractivity contribution < 1.29 is 4.74 Å². The minimum atomic E-state index is -0.209. The van der Waals surface area contributed by atoms with Gasteiger partial charge in [-0.1, -0.05) is 54.1 Å². The second-order valence-corrected chi connectivity index (χ2v) is 5.74. The number of rotatable bonds is 2. The fourth-order valence-corrected chi connectivity index (χ4v) is 2.88. The van der Waals surface area contributed by atoms with Crippen LogP contribution in [0.1, 0.15) is 18.9 Å². The molecule has 1 fully saturated rings. The summed E-state index contributed by atoms with van der Waals surface area (Å²) in [7, 11) is 0. The molecule has 1 heterocycles. The van der Waals surface area contributed by atoms with Crippen LogP contribution in [0.4, 0.5) is 5.69 Å². The van der Waals surface area contributed by atoms with Crippen LogP contribution in [-0.4, -0.2) is 13.3 Å². The number of para-hydroxylation sites is 1. The van der Waals surface area contributed by atoms with Gasteiger partial charge >= 0.3 is 0 Å². The lowest BCUT2D eigenvalue weighted by Gasteiger charge is -2.41. The maximum absolute atomic E-state index is 6.25. The van der Waals surface area contributed by atoms with E-state index in [4.69, 9.17) is 16.3 Å². The van der Waals surface area contributed by atoms with E-state index in [0.717, 1.165) is 23.7 Å². The molecule has 1 unspecified atom stereocenters. The molecule has 2 nitrogen and oxygen atoms in total. The molecular weight excluding hydrogens is 270 g/mol. The van der Waals surface area contributed by atoms with Crippen LogP contribution in [-0.2, 0) is 10.3 Å². The number of hydrogen-bond acceptors (Lipinski definition) is 2. The van der Waals surface area contributed by atoms with Crippen LogP contribution in [0.2, 0.25) is 5.02 Å². The third-order valence-corrected chi connectivity index (χ3v) is 4.29. The molecule has 0 amide bonds. The van der Waals surface area contributed by atoms with Crippen LogP contribution < -0.4 is 4.90 Å². The smallest absolute Gasteiger partial charge is 0.120 e. The predicted molar refractivity (Wildman–Crippen MR) is 83.2 cm³/mol. The Kier molecular flexibility index (Phi) is 3.68. The Balaban J connectivity index is 1.76. The Labute approximate surface area is 124 Å². The molecule has 2 aromatic carbocycles. The van der Waals surface area contributed by atoms with E-state index in [1.807, 2.05) is 30.3 Å². The van der Waals surface area contributed by atoms with Crippen molar-refractivity contribution in [1.82, 2.24) is 0 Å². The van der Waals surface area contributed by atoms with Crippen LogP contribution in [0.15, 0.2) is 54.6 Å². The van der Waals surface area contributed by atoms with E-state index in [-0.39, 0.29) is 5.60 Å². The number of anilines is 1. The SMILES string of the molecule is CC1(c2ccccc2)CCN(c2ccccc2Cl)CO1. The maximum atomic E-state index is 6.25. The molecule has 1 saturated heterocycles. The Morgan fingerprint density at radius 3 is 2.40 bits per heavy atom. The summed E-state index contributed by atoms with van der Waals surface area (Å²) >= 11 is 6.25. The van der Waals surface area contributed by atoms with Crippen molar-refractivity contribution in [2.45, 2.75) is 18.9 Å². The van der Waals surface area contributed by atoms with Crippen molar-refractivity contribution in [2.75, 3.05) is 18.2 Å². The summed E-state index contributed by atoms with van der Waals surface area (Å²) in [5, 5.41) is 0.777. The van der Waals surface area contributed by atoms with Gasteiger partial charge in [-0.25, -0.2) is 0 Å². The van der Waals surface area contributed by atoms with E-state index >= 15 is 0 Å². The van der Waals surface area contributed by atoms with Crippen molar-refractivity contribution in [3.05, 3.63) is 65.2 Å². The van der Waals surface area contributed by atoms with Crippen LogP contribution in [0.5, 0.6) is 0 Å². The van der Waals surface area contributed by atoms with Crippen LogP contribution in [0.3, 0.4) is 0 Å². The van der Waals surface area contributed by atoms with Crippen LogP contribution >= 0.6 is 11.6 Å². The molecule has 1 aliphatic rings. The average molecular weight is 288 g/mol. The highest BCUT2D eigenvalue weighted by molar-refractivity contribution is 6.33. The molecule has 0 spiro atoms. The van der Waals surface area contributed by atoms with Crippen molar-refractivity contribution in [3.63, 3.8) is 0 Å². The Morgan fingerprint density at radius 1 is 1.05 bits per heavy atom. The van der Waals surface area contributed by atoms with E-state index in [2.05, 4.69) is 36.1 Å². The topological polar surface area (TPSA) is 12.5 Å². The Bertz CT molecular complexity index is 577. The zero-order valence-corrected chi connectivity index (χ0v) is 12.3. The molecule has 1 atom stereocenters. The minimum absolute atomic E-state index is 0.209. The van der Waals surface area contributed by atoms with E-state index in [1.54, 1.807) is 0 Å². The van der Waals surface area contributed by atoms with Gasteiger partial charge in [0.1, 0.15) is 6.73 Å². The number of hydrogen-bond donors (Lipinski definition) is 0. The normalized spacial score (nSPS) is 22.8. The molecule has 0 saturated carbocycles. The highest BCUT2D eigenvalue weighted by Gasteiger charge is 2.33. The lowest BCUT2D eigenvalue weighted by atomic mass is 9.91. The first-order chi connectivity index (χ1) is 9.69. The number of benzene rings is 2. The Morgan fingerprint density at radius 2 is 1.75 bits per heavy atom. The van der Waals surface area contributed by atoms with Crippen molar-refractivity contribution in [1.29, 1.82) is 0 Å². The largest absolute Gasteiger partial charge is 0.350 e. The highest BCUT2D eigenvalue weighted by Crippen LogP contribution is 2.35. The summed E-state index contributed by atoms with van der Waals surface area (Å²) in [6.45, 7) is 3.66. The first-order valence-corrected chi connectivity index (χ1v) is 7.26. The summed E-state index contributed by atoms with van der Waals surface area (Å²) in [4.78, 5) is 2.19. The summed E-state index contributed by atoms with van der Waals surface area (Å²) in [6, 6.07) is 18.3. The monoisotopic (exact) mass is 287 g/mol.